The Bertz CT molecular complexity index is 600. The van der Waals surface area contributed by atoms with Crippen molar-refractivity contribution in [2.45, 2.75) is 39.2 Å². The smallest absolute Gasteiger partial charge is 0.0367 e. The fourth-order valence-electron chi connectivity index (χ4n) is 3.81. The van der Waals surface area contributed by atoms with Crippen molar-refractivity contribution in [2.75, 3.05) is 31.1 Å². The highest BCUT2D eigenvalue weighted by Crippen LogP contribution is 2.20. The van der Waals surface area contributed by atoms with Crippen LogP contribution in [0.2, 0.25) is 0 Å². The van der Waals surface area contributed by atoms with E-state index in [-0.39, 0.29) is 12.4 Å². The van der Waals surface area contributed by atoms with Crippen LogP contribution in [0.25, 0.3) is 0 Å². The van der Waals surface area contributed by atoms with Crippen molar-refractivity contribution in [3.05, 3.63) is 65.7 Å². The molecule has 0 unspecified atom stereocenters. The van der Waals surface area contributed by atoms with Gasteiger partial charge in [-0.3, -0.25) is 4.90 Å². The highest BCUT2D eigenvalue weighted by Gasteiger charge is 2.21. The van der Waals surface area contributed by atoms with Gasteiger partial charge in [-0.15, -0.1) is 12.4 Å². The van der Waals surface area contributed by atoms with Crippen LogP contribution in [0.3, 0.4) is 0 Å². The van der Waals surface area contributed by atoms with Crippen LogP contribution < -0.4 is 4.90 Å². The topological polar surface area (TPSA) is 6.48 Å². The molecule has 0 spiro atoms. The number of benzene rings is 2. The Hall–Kier alpha value is -1.51. The van der Waals surface area contributed by atoms with Crippen molar-refractivity contribution in [1.82, 2.24) is 4.90 Å². The molecule has 0 saturated carbocycles. The number of anilines is 1. The fraction of sp³-hybridized carbons (Fsp3) is 0.455. The van der Waals surface area contributed by atoms with Gasteiger partial charge in [0.15, 0.2) is 0 Å². The number of rotatable bonds is 6. The molecule has 0 amide bonds. The van der Waals surface area contributed by atoms with Crippen LogP contribution in [0.1, 0.15) is 37.8 Å². The van der Waals surface area contributed by atoms with Crippen LogP contribution >= 0.6 is 12.4 Å². The average Bonchev–Trinajstić information content (AvgIpc) is 2.65. The van der Waals surface area contributed by atoms with Gasteiger partial charge in [0.05, 0.1) is 0 Å². The molecule has 0 radical (unpaired) electrons. The van der Waals surface area contributed by atoms with Gasteiger partial charge < -0.3 is 4.90 Å². The van der Waals surface area contributed by atoms with Gasteiger partial charge in [-0.2, -0.15) is 0 Å². The van der Waals surface area contributed by atoms with Crippen molar-refractivity contribution in [1.29, 1.82) is 0 Å². The Morgan fingerprint density at radius 1 is 0.760 bits per heavy atom. The van der Waals surface area contributed by atoms with Crippen molar-refractivity contribution < 1.29 is 0 Å². The summed E-state index contributed by atoms with van der Waals surface area (Å²) in [6.07, 6.45) is 3.55. The molecule has 1 fully saturated rings. The maximum absolute atomic E-state index is 2.67. The summed E-state index contributed by atoms with van der Waals surface area (Å²) in [6.45, 7) is 9.30. The molecule has 3 rings (SSSR count). The van der Waals surface area contributed by atoms with Gasteiger partial charge in [0, 0.05) is 37.9 Å². The van der Waals surface area contributed by atoms with Gasteiger partial charge in [-0.1, -0.05) is 56.3 Å². The standard InChI is InChI=1S/C22H30N2.ClH/c1-3-21(4-2)23-14-16-24(17-15-23)22-12-10-20(11-13-22)18-19-8-6-5-7-9-19;/h5-13,21H,3-4,14-18H2,1-2H3;1H. The van der Waals surface area contributed by atoms with Gasteiger partial charge in [-0.25, -0.2) is 0 Å². The molecular formula is C22H31ClN2. The number of hydrogen-bond acceptors (Lipinski definition) is 2. The summed E-state index contributed by atoms with van der Waals surface area (Å²) in [5.41, 5.74) is 4.14. The molecule has 1 heterocycles. The van der Waals surface area contributed by atoms with Gasteiger partial charge >= 0.3 is 0 Å². The molecule has 1 saturated heterocycles. The summed E-state index contributed by atoms with van der Waals surface area (Å²) in [5.74, 6) is 0. The summed E-state index contributed by atoms with van der Waals surface area (Å²) in [5, 5.41) is 0. The lowest BCUT2D eigenvalue weighted by atomic mass is 10.0. The second-order valence-electron chi connectivity index (χ2n) is 6.82. The average molecular weight is 359 g/mol. The van der Waals surface area contributed by atoms with Crippen LogP contribution in [0, 0.1) is 0 Å². The first-order valence-corrected chi connectivity index (χ1v) is 9.42. The molecule has 0 aromatic heterocycles. The van der Waals surface area contributed by atoms with Crippen molar-refractivity contribution in [2.24, 2.45) is 0 Å². The van der Waals surface area contributed by atoms with E-state index in [2.05, 4.69) is 78.2 Å². The molecule has 0 N–H and O–H groups in total. The quantitative estimate of drug-likeness (QED) is 0.716. The summed E-state index contributed by atoms with van der Waals surface area (Å²) < 4.78 is 0. The molecule has 2 aromatic rings. The van der Waals surface area contributed by atoms with E-state index in [1.165, 1.54) is 42.7 Å². The van der Waals surface area contributed by atoms with E-state index < -0.39 is 0 Å². The molecule has 0 bridgehead atoms. The van der Waals surface area contributed by atoms with Gasteiger partial charge in [0.2, 0.25) is 0 Å². The maximum Gasteiger partial charge on any atom is 0.0367 e. The lowest BCUT2D eigenvalue weighted by Crippen LogP contribution is -2.50. The van der Waals surface area contributed by atoms with Gasteiger partial charge in [0.25, 0.3) is 0 Å². The molecule has 0 aliphatic carbocycles. The van der Waals surface area contributed by atoms with Crippen LogP contribution in [0.15, 0.2) is 54.6 Å². The first-order valence-electron chi connectivity index (χ1n) is 9.42. The molecule has 3 heteroatoms. The number of nitrogens with zero attached hydrogens (tertiary/aromatic N) is 2. The lowest BCUT2D eigenvalue weighted by molar-refractivity contribution is 0.175. The highest BCUT2D eigenvalue weighted by atomic mass is 35.5. The fourth-order valence-corrected chi connectivity index (χ4v) is 3.81. The molecule has 136 valence electrons. The lowest BCUT2D eigenvalue weighted by Gasteiger charge is -2.39. The van der Waals surface area contributed by atoms with Crippen LogP contribution in [0.4, 0.5) is 5.69 Å². The predicted molar refractivity (Wildman–Crippen MR) is 111 cm³/mol. The second-order valence-corrected chi connectivity index (χ2v) is 6.82. The second kappa shape index (κ2) is 9.84. The molecule has 2 aromatic carbocycles. The minimum atomic E-state index is 0. The van der Waals surface area contributed by atoms with Gasteiger partial charge in [0.1, 0.15) is 0 Å². The largest absolute Gasteiger partial charge is 0.369 e. The van der Waals surface area contributed by atoms with E-state index in [0.29, 0.717) is 0 Å². The number of piperazine rings is 1. The van der Waals surface area contributed by atoms with Gasteiger partial charge in [-0.05, 0) is 42.5 Å². The molecule has 1 aliphatic rings. The zero-order valence-corrected chi connectivity index (χ0v) is 16.3. The number of hydrogen-bond donors (Lipinski definition) is 0. The molecule has 1 aliphatic heterocycles. The summed E-state index contributed by atoms with van der Waals surface area (Å²) in [4.78, 5) is 5.20. The van der Waals surface area contributed by atoms with E-state index >= 15 is 0 Å². The Morgan fingerprint density at radius 2 is 1.32 bits per heavy atom. The zero-order valence-electron chi connectivity index (χ0n) is 15.5. The third-order valence-electron chi connectivity index (χ3n) is 5.33. The van der Waals surface area contributed by atoms with E-state index in [0.717, 1.165) is 25.6 Å². The Balaban J connectivity index is 0.00000225. The monoisotopic (exact) mass is 358 g/mol. The zero-order chi connectivity index (χ0) is 16.8. The normalized spacial score (nSPS) is 15.2. The highest BCUT2D eigenvalue weighted by molar-refractivity contribution is 5.85. The van der Waals surface area contributed by atoms with E-state index in [1.807, 2.05) is 0 Å². The Morgan fingerprint density at radius 3 is 1.88 bits per heavy atom. The Labute approximate surface area is 159 Å². The molecule has 2 nitrogen and oxygen atoms in total. The third-order valence-corrected chi connectivity index (χ3v) is 5.33. The van der Waals surface area contributed by atoms with Crippen molar-refractivity contribution >= 4 is 18.1 Å². The summed E-state index contributed by atoms with van der Waals surface area (Å²) in [7, 11) is 0. The van der Waals surface area contributed by atoms with E-state index in [4.69, 9.17) is 0 Å². The minimum absolute atomic E-state index is 0. The molecule has 0 atom stereocenters. The first-order chi connectivity index (χ1) is 11.8. The third kappa shape index (κ3) is 5.23. The first kappa shape index (κ1) is 19.8. The molecule has 25 heavy (non-hydrogen) atoms. The SMILES string of the molecule is CCC(CC)N1CCN(c2ccc(Cc3ccccc3)cc2)CC1.Cl. The van der Waals surface area contributed by atoms with Crippen LogP contribution in [0.5, 0.6) is 0 Å². The van der Waals surface area contributed by atoms with Crippen LogP contribution in [-0.2, 0) is 6.42 Å². The number of halogens is 1. The van der Waals surface area contributed by atoms with E-state index in [9.17, 15) is 0 Å². The predicted octanol–water partition coefficient (Wildman–Crippen LogP) is 5.01. The minimum Gasteiger partial charge on any atom is -0.369 e. The Kier molecular flexibility index (Phi) is 7.80. The maximum atomic E-state index is 2.67. The van der Waals surface area contributed by atoms with E-state index in [1.54, 1.807) is 0 Å². The van der Waals surface area contributed by atoms with Crippen LogP contribution in [-0.4, -0.2) is 37.1 Å². The summed E-state index contributed by atoms with van der Waals surface area (Å²) in [6, 6.07) is 20.6. The van der Waals surface area contributed by atoms with Crippen molar-refractivity contribution in [3.8, 4) is 0 Å². The molecular weight excluding hydrogens is 328 g/mol. The van der Waals surface area contributed by atoms with Crippen molar-refractivity contribution in [3.63, 3.8) is 0 Å². The summed E-state index contributed by atoms with van der Waals surface area (Å²) >= 11 is 0.